The second-order valence-electron chi connectivity index (χ2n) is 0.753. The molecule has 0 aliphatic heterocycles. The molecular formula is C3H5NO2S. The van der Waals surface area contributed by atoms with Crippen molar-refractivity contribution in [2.75, 3.05) is 6.26 Å². The first-order chi connectivity index (χ1) is 3.27. The molecule has 0 bridgehead atoms. The van der Waals surface area contributed by atoms with Crippen molar-refractivity contribution in [1.82, 2.24) is 0 Å². The van der Waals surface area contributed by atoms with Gasteiger partial charge in [-0.05, 0) is 6.26 Å². The first kappa shape index (κ1) is 6.49. The normalized spacial score (nSPS) is 9.86. The number of amides is 1. The van der Waals surface area contributed by atoms with Gasteiger partial charge < -0.3 is 5.11 Å². The van der Waals surface area contributed by atoms with Crippen LogP contribution in [0, 0.1) is 0 Å². The Morgan fingerprint density at radius 2 is 2.57 bits per heavy atom. The molecule has 4 heteroatoms. The van der Waals surface area contributed by atoms with E-state index in [9.17, 15) is 4.79 Å². The number of carboxylic acid groups (broad SMARTS) is 1. The minimum Gasteiger partial charge on any atom is -0.463 e. The average Bonchev–Trinajstić information content (AvgIpc) is 1.61. The molecule has 0 aromatic rings. The highest BCUT2D eigenvalue weighted by molar-refractivity contribution is 8.11. The van der Waals surface area contributed by atoms with Gasteiger partial charge in [-0.15, -0.1) is 11.8 Å². The average molecular weight is 119 g/mol. The van der Waals surface area contributed by atoms with Crippen molar-refractivity contribution < 1.29 is 9.90 Å². The van der Waals surface area contributed by atoms with Crippen LogP contribution in [0.3, 0.4) is 0 Å². The van der Waals surface area contributed by atoms with Crippen LogP contribution in [0.5, 0.6) is 0 Å². The Kier molecular flexibility index (Phi) is 3.40. The van der Waals surface area contributed by atoms with E-state index in [1.807, 2.05) is 0 Å². The maximum Gasteiger partial charge on any atom is 0.431 e. The third-order valence-corrected chi connectivity index (χ3v) is 0.585. The molecule has 0 aromatic carbocycles. The zero-order chi connectivity index (χ0) is 5.70. The van der Waals surface area contributed by atoms with E-state index < -0.39 is 6.09 Å². The van der Waals surface area contributed by atoms with Crippen LogP contribution >= 0.6 is 11.8 Å². The van der Waals surface area contributed by atoms with Gasteiger partial charge in [0.2, 0.25) is 0 Å². The molecule has 0 spiro atoms. The highest BCUT2D eigenvalue weighted by Gasteiger charge is 1.80. The van der Waals surface area contributed by atoms with Gasteiger partial charge in [-0.2, -0.15) is 4.99 Å². The molecule has 0 aliphatic rings. The first-order valence-electron chi connectivity index (χ1n) is 1.55. The number of carbonyl (C=O) groups is 1. The monoisotopic (exact) mass is 119 g/mol. The Labute approximate surface area is 45.4 Å². The Hall–Kier alpha value is -0.510. The van der Waals surface area contributed by atoms with Crippen LogP contribution < -0.4 is 0 Å². The Morgan fingerprint density at radius 1 is 2.00 bits per heavy atom. The second-order valence-corrected chi connectivity index (χ2v) is 1.44. The Bertz CT molecular complexity index is 90.9. The topological polar surface area (TPSA) is 49.7 Å². The van der Waals surface area contributed by atoms with Gasteiger partial charge in [-0.1, -0.05) is 0 Å². The van der Waals surface area contributed by atoms with E-state index in [-0.39, 0.29) is 0 Å². The molecule has 1 amide bonds. The smallest absolute Gasteiger partial charge is 0.431 e. The third kappa shape index (κ3) is 5.49. The number of thioether (sulfide) groups is 1. The van der Waals surface area contributed by atoms with Crippen LogP contribution in [0.15, 0.2) is 4.99 Å². The van der Waals surface area contributed by atoms with Gasteiger partial charge in [0.25, 0.3) is 0 Å². The lowest BCUT2D eigenvalue weighted by Crippen LogP contribution is -1.82. The number of rotatable bonds is 1. The second kappa shape index (κ2) is 3.67. The van der Waals surface area contributed by atoms with Crippen molar-refractivity contribution in [2.45, 2.75) is 0 Å². The summed E-state index contributed by atoms with van der Waals surface area (Å²) < 4.78 is 0. The highest BCUT2D eigenvalue weighted by atomic mass is 32.2. The predicted octanol–water partition coefficient (Wildman–Crippen LogP) is 1.06. The van der Waals surface area contributed by atoms with Gasteiger partial charge >= 0.3 is 6.09 Å². The summed E-state index contributed by atoms with van der Waals surface area (Å²) in [7, 11) is 0. The number of nitrogens with zero attached hydrogens (tertiary/aromatic N) is 1. The third-order valence-electron chi connectivity index (χ3n) is 0.269. The standard InChI is InChI=1S/C3H5NO2S/c1-7-2-4-3(5)6/h2H,1H3,(H,5,6)/b4-2+. The summed E-state index contributed by atoms with van der Waals surface area (Å²) in [5.41, 5.74) is 1.27. The highest BCUT2D eigenvalue weighted by Crippen LogP contribution is 1.82. The molecule has 0 aliphatic carbocycles. The van der Waals surface area contributed by atoms with E-state index in [1.165, 1.54) is 17.3 Å². The lowest BCUT2D eigenvalue weighted by molar-refractivity contribution is 0.206. The van der Waals surface area contributed by atoms with Gasteiger partial charge in [-0.3, -0.25) is 0 Å². The van der Waals surface area contributed by atoms with Crippen molar-refractivity contribution in [3.8, 4) is 0 Å². The van der Waals surface area contributed by atoms with Crippen LogP contribution in [-0.4, -0.2) is 23.0 Å². The van der Waals surface area contributed by atoms with Crippen LogP contribution in [0.4, 0.5) is 4.79 Å². The molecule has 0 radical (unpaired) electrons. The molecule has 0 rings (SSSR count). The minimum atomic E-state index is -1.14. The van der Waals surface area contributed by atoms with Gasteiger partial charge in [0.1, 0.15) is 0 Å². The number of hydrogen-bond donors (Lipinski definition) is 1. The van der Waals surface area contributed by atoms with Gasteiger partial charge in [0.05, 0.1) is 5.55 Å². The Morgan fingerprint density at radius 3 is 2.71 bits per heavy atom. The molecule has 0 saturated carbocycles. The summed E-state index contributed by atoms with van der Waals surface area (Å²) in [5, 5.41) is 7.83. The maximum atomic E-state index is 9.55. The molecule has 0 saturated heterocycles. The summed E-state index contributed by atoms with van der Waals surface area (Å²) in [6, 6.07) is 0. The minimum absolute atomic E-state index is 1.14. The molecule has 0 fully saturated rings. The Balaban J connectivity index is 3.26. The molecule has 0 atom stereocenters. The van der Waals surface area contributed by atoms with Gasteiger partial charge in [0.15, 0.2) is 0 Å². The van der Waals surface area contributed by atoms with Gasteiger partial charge in [-0.25, -0.2) is 4.79 Å². The summed E-state index contributed by atoms with van der Waals surface area (Å²) in [6.45, 7) is 0. The van der Waals surface area contributed by atoms with Crippen LogP contribution in [0.25, 0.3) is 0 Å². The van der Waals surface area contributed by atoms with Crippen molar-refractivity contribution in [1.29, 1.82) is 0 Å². The molecule has 0 aromatic heterocycles. The van der Waals surface area contributed by atoms with E-state index in [2.05, 4.69) is 4.99 Å². The fourth-order valence-corrected chi connectivity index (χ4v) is 0.293. The van der Waals surface area contributed by atoms with Crippen molar-refractivity contribution in [2.24, 2.45) is 4.99 Å². The molecule has 3 nitrogen and oxygen atoms in total. The van der Waals surface area contributed by atoms with Gasteiger partial charge in [0, 0.05) is 0 Å². The van der Waals surface area contributed by atoms with Crippen molar-refractivity contribution >= 4 is 23.4 Å². The zero-order valence-electron chi connectivity index (χ0n) is 3.79. The van der Waals surface area contributed by atoms with E-state index in [4.69, 9.17) is 5.11 Å². The van der Waals surface area contributed by atoms with E-state index >= 15 is 0 Å². The lowest BCUT2D eigenvalue weighted by Gasteiger charge is -1.73. The number of aliphatic imine (C=N–C) groups is 1. The summed E-state index contributed by atoms with van der Waals surface area (Å²) in [6.07, 6.45) is 0.598. The van der Waals surface area contributed by atoms with E-state index in [1.54, 1.807) is 6.26 Å². The maximum absolute atomic E-state index is 9.55. The van der Waals surface area contributed by atoms with Crippen LogP contribution in [-0.2, 0) is 0 Å². The van der Waals surface area contributed by atoms with Crippen molar-refractivity contribution in [3.63, 3.8) is 0 Å². The molecule has 1 N–H and O–H groups in total. The molecular weight excluding hydrogens is 114 g/mol. The lowest BCUT2D eigenvalue weighted by atomic mass is 11.2. The number of hydrogen-bond acceptors (Lipinski definition) is 2. The van der Waals surface area contributed by atoms with E-state index in [0.717, 1.165) is 0 Å². The fourth-order valence-electron chi connectivity index (χ4n) is 0.0978. The molecule has 0 unspecified atom stereocenters. The largest absolute Gasteiger partial charge is 0.463 e. The fraction of sp³-hybridized carbons (Fsp3) is 0.333. The summed E-state index contributed by atoms with van der Waals surface area (Å²) >= 11 is 1.26. The SMILES string of the molecule is CS/C=N/C(=O)O. The molecule has 40 valence electrons. The van der Waals surface area contributed by atoms with E-state index in [0.29, 0.717) is 0 Å². The van der Waals surface area contributed by atoms with Crippen LogP contribution in [0.2, 0.25) is 0 Å². The quantitative estimate of drug-likeness (QED) is 0.414. The molecule has 0 heterocycles. The molecule has 7 heavy (non-hydrogen) atoms. The summed E-state index contributed by atoms with van der Waals surface area (Å²) in [4.78, 5) is 12.5. The summed E-state index contributed by atoms with van der Waals surface area (Å²) in [5.74, 6) is 0. The van der Waals surface area contributed by atoms with Crippen LogP contribution in [0.1, 0.15) is 0 Å². The first-order valence-corrected chi connectivity index (χ1v) is 2.84. The van der Waals surface area contributed by atoms with Crippen molar-refractivity contribution in [3.05, 3.63) is 0 Å². The predicted molar refractivity (Wildman–Crippen MR) is 30.0 cm³/mol. The zero-order valence-corrected chi connectivity index (χ0v) is 4.60.